The van der Waals surface area contributed by atoms with Crippen molar-refractivity contribution < 1.29 is 0 Å². The summed E-state index contributed by atoms with van der Waals surface area (Å²) in [5.74, 6) is 0.0639. The fourth-order valence-electron chi connectivity index (χ4n) is 1.16. The minimum atomic E-state index is 0.0639. The van der Waals surface area contributed by atoms with Gasteiger partial charge in [-0.05, 0) is 35.0 Å². The summed E-state index contributed by atoms with van der Waals surface area (Å²) in [6, 6.07) is 5.57. The highest BCUT2D eigenvalue weighted by atomic mass is 79.9. The zero-order valence-electron chi connectivity index (χ0n) is 8.90. The first-order valence-corrected chi connectivity index (χ1v) is 7.11. The predicted molar refractivity (Wildman–Crippen MR) is 73.9 cm³/mol. The number of benzene rings is 1. The summed E-state index contributed by atoms with van der Waals surface area (Å²) in [6.45, 7) is 1.93. The maximum Gasteiger partial charge on any atom is 0.179 e. The number of nitrogen functional groups attached to an aromatic ring is 1. The largest absolute Gasteiger partial charge is 0.384 e. The van der Waals surface area contributed by atoms with Crippen molar-refractivity contribution in [3.8, 4) is 0 Å². The standard InChI is InChI=1S/C10H9BrN4S2/c1-5-14-15-10(16-5)17-8-3-2-6(9(12)13)4-7(8)11/h2-4H,1H3,(H3,12,13). The molecule has 0 bridgehead atoms. The van der Waals surface area contributed by atoms with Crippen LogP contribution in [0.5, 0.6) is 0 Å². The summed E-state index contributed by atoms with van der Waals surface area (Å²) >= 11 is 6.56. The van der Waals surface area contributed by atoms with Crippen LogP contribution in [0.1, 0.15) is 10.6 Å². The Morgan fingerprint density at radius 3 is 2.76 bits per heavy atom. The molecule has 0 saturated heterocycles. The van der Waals surface area contributed by atoms with E-state index in [0.29, 0.717) is 5.56 Å². The van der Waals surface area contributed by atoms with Gasteiger partial charge in [-0.25, -0.2) is 0 Å². The van der Waals surface area contributed by atoms with Gasteiger partial charge >= 0.3 is 0 Å². The van der Waals surface area contributed by atoms with Crippen molar-refractivity contribution in [3.63, 3.8) is 0 Å². The number of rotatable bonds is 3. The molecule has 2 aromatic rings. The van der Waals surface area contributed by atoms with Crippen molar-refractivity contribution in [2.45, 2.75) is 16.2 Å². The molecule has 17 heavy (non-hydrogen) atoms. The average Bonchev–Trinajstić information content (AvgIpc) is 2.67. The summed E-state index contributed by atoms with van der Waals surface area (Å²) in [7, 11) is 0. The second-order valence-electron chi connectivity index (χ2n) is 3.25. The fraction of sp³-hybridized carbons (Fsp3) is 0.100. The molecule has 88 valence electrons. The Balaban J connectivity index is 2.25. The van der Waals surface area contributed by atoms with Gasteiger partial charge in [0.1, 0.15) is 10.8 Å². The first kappa shape index (κ1) is 12.5. The molecule has 2 rings (SSSR count). The Morgan fingerprint density at radius 2 is 2.24 bits per heavy atom. The van der Waals surface area contributed by atoms with Gasteiger partial charge < -0.3 is 5.73 Å². The van der Waals surface area contributed by atoms with Gasteiger partial charge in [0.25, 0.3) is 0 Å². The number of aryl methyl sites for hydroxylation is 1. The van der Waals surface area contributed by atoms with Crippen molar-refractivity contribution in [2.24, 2.45) is 5.73 Å². The van der Waals surface area contributed by atoms with Gasteiger partial charge in [-0.2, -0.15) is 0 Å². The molecule has 0 saturated carbocycles. The van der Waals surface area contributed by atoms with E-state index in [1.165, 1.54) is 0 Å². The van der Waals surface area contributed by atoms with Crippen LogP contribution in [0.3, 0.4) is 0 Å². The van der Waals surface area contributed by atoms with E-state index in [0.717, 1.165) is 18.7 Å². The second-order valence-corrected chi connectivity index (χ2v) is 6.57. The quantitative estimate of drug-likeness (QED) is 0.670. The van der Waals surface area contributed by atoms with E-state index in [1.54, 1.807) is 23.1 Å². The third-order valence-electron chi connectivity index (χ3n) is 1.95. The molecule has 0 unspecified atom stereocenters. The van der Waals surface area contributed by atoms with Crippen molar-refractivity contribution in [3.05, 3.63) is 33.2 Å². The normalized spacial score (nSPS) is 10.5. The summed E-state index contributed by atoms with van der Waals surface area (Å²) in [5, 5.41) is 16.3. The van der Waals surface area contributed by atoms with E-state index >= 15 is 0 Å². The van der Waals surface area contributed by atoms with E-state index in [1.807, 2.05) is 25.1 Å². The van der Waals surface area contributed by atoms with Crippen LogP contribution in [0.2, 0.25) is 0 Å². The third kappa shape index (κ3) is 3.05. The van der Waals surface area contributed by atoms with E-state index in [4.69, 9.17) is 11.1 Å². The molecule has 0 spiro atoms. The van der Waals surface area contributed by atoms with Crippen LogP contribution in [0.4, 0.5) is 0 Å². The Bertz CT molecular complexity index is 567. The molecule has 4 nitrogen and oxygen atoms in total. The topological polar surface area (TPSA) is 75.7 Å². The van der Waals surface area contributed by atoms with E-state index in [2.05, 4.69) is 26.1 Å². The van der Waals surface area contributed by atoms with Crippen LogP contribution >= 0.6 is 39.0 Å². The zero-order chi connectivity index (χ0) is 12.4. The molecule has 7 heteroatoms. The number of aromatic nitrogens is 2. The molecular formula is C10H9BrN4S2. The number of nitrogens with two attached hydrogens (primary N) is 1. The van der Waals surface area contributed by atoms with Crippen LogP contribution in [-0.4, -0.2) is 16.0 Å². The number of hydrogen-bond donors (Lipinski definition) is 2. The van der Waals surface area contributed by atoms with Crippen molar-refractivity contribution in [2.75, 3.05) is 0 Å². The van der Waals surface area contributed by atoms with Crippen molar-refractivity contribution in [1.82, 2.24) is 10.2 Å². The van der Waals surface area contributed by atoms with E-state index in [-0.39, 0.29) is 5.84 Å². The highest BCUT2D eigenvalue weighted by Crippen LogP contribution is 2.35. The molecule has 0 amide bonds. The Labute approximate surface area is 115 Å². The summed E-state index contributed by atoms with van der Waals surface area (Å²) < 4.78 is 1.81. The smallest absolute Gasteiger partial charge is 0.179 e. The van der Waals surface area contributed by atoms with Crippen LogP contribution in [0.15, 0.2) is 31.9 Å². The maximum absolute atomic E-state index is 7.36. The Morgan fingerprint density at radius 1 is 1.47 bits per heavy atom. The lowest BCUT2D eigenvalue weighted by molar-refractivity contribution is 0.983. The van der Waals surface area contributed by atoms with Gasteiger partial charge in [0, 0.05) is 14.9 Å². The van der Waals surface area contributed by atoms with Gasteiger partial charge in [-0.3, -0.25) is 5.41 Å². The minimum Gasteiger partial charge on any atom is -0.384 e. The molecule has 0 aliphatic rings. The molecule has 0 atom stereocenters. The second kappa shape index (κ2) is 5.16. The fourth-order valence-corrected chi connectivity index (χ4v) is 3.56. The van der Waals surface area contributed by atoms with Crippen molar-refractivity contribution >= 4 is 44.9 Å². The lowest BCUT2D eigenvalue weighted by Gasteiger charge is -2.04. The average molecular weight is 329 g/mol. The van der Waals surface area contributed by atoms with Gasteiger partial charge in [0.2, 0.25) is 0 Å². The first-order chi connectivity index (χ1) is 8.06. The summed E-state index contributed by atoms with van der Waals surface area (Å²) in [6.07, 6.45) is 0. The van der Waals surface area contributed by atoms with Crippen LogP contribution in [-0.2, 0) is 0 Å². The van der Waals surface area contributed by atoms with Crippen molar-refractivity contribution in [1.29, 1.82) is 5.41 Å². The first-order valence-electron chi connectivity index (χ1n) is 4.68. The molecular weight excluding hydrogens is 320 g/mol. The number of hydrogen-bond acceptors (Lipinski definition) is 5. The molecule has 1 aromatic heterocycles. The lowest BCUT2D eigenvalue weighted by atomic mass is 10.2. The summed E-state index contributed by atoms with van der Waals surface area (Å²) in [4.78, 5) is 1.03. The maximum atomic E-state index is 7.36. The predicted octanol–water partition coefficient (Wildman–Crippen LogP) is 3.04. The monoisotopic (exact) mass is 328 g/mol. The molecule has 0 fully saturated rings. The van der Waals surface area contributed by atoms with Gasteiger partial charge in [-0.1, -0.05) is 29.2 Å². The molecule has 3 N–H and O–H groups in total. The van der Waals surface area contributed by atoms with Crippen LogP contribution < -0.4 is 5.73 Å². The molecule has 0 aliphatic carbocycles. The Hall–Kier alpha value is -0.920. The lowest BCUT2D eigenvalue weighted by Crippen LogP contribution is -2.10. The molecule has 1 aromatic carbocycles. The number of amidine groups is 1. The number of halogens is 1. The zero-order valence-corrected chi connectivity index (χ0v) is 12.1. The highest BCUT2D eigenvalue weighted by molar-refractivity contribution is 9.10. The number of nitrogens with zero attached hydrogens (tertiary/aromatic N) is 2. The SMILES string of the molecule is Cc1nnc(Sc2ccc(C(=N)N)cc2Br)s1. The Kier molecular flexibility index (Phi) is 3.80. The molecule has 0 radical (unpaired) electrons. The van der Waals surface area contributed by atoms with E-state index in [9.17, 15) is 0 Å². The van der Waals surface area contributed by atoms with Crippen LogP contribution in [0, 0.1) is 12.3 Å². The van der Waals surface area contributed by atoms with Gasteiger partial charge in [0.15, 0.2) is 4.34 Å². The van der Waals surface area contributed by atoms with Gasteiger partial charge in [-0.15, -0.1) is 10.2 Å². The van der Waals surface area contributed by atoms with E-state index < -0.39 is 0 Å². The number of nitrogens with one attached hydrogen (secondary N) is 1. The summed E-state index contributed by atoms with van der Waals surface area (Å²) in [5.41, 5.74) is 6.13. The third-order valence-corrected chi connectivity index (χ3v) is 4.83. The van der Waals surface area contributed by atoms with Crippen LogP contribution in [0.25, 0.3) is 0 Å². The highest BCUT2D eigenvalue weighted by Gasteiger charge is 2.08. The molecule has 0 aliphatic heterocycles. The molecule has 1 heterocycles. The van der Waals surface area contributed by atoms with Gasteiger partial charge in [0.05, 0.1) is 0 Å². The minimum absolute atomic E-state index is 0.0639.